The molecule has 1 atom stereocenters. The molecule has 1 unspecified atom stereocenters. The molecule has 1 saturated heterocycles. The molecular formula is C13H16N2O. The molecule has 1 fully saturated rings. The third-order valence-electron chi connectivity index (χ3n) is 3.35. The number of aromatic nitrogens is 1. The van der Waals surface area contributed by atoms with Crippen molar-refractivity contribution >= 4 is 10.9 Å². The van der Waals surface area contributed by atoms with Crippen LogP contribution in [0.1, 0.15) is 12.5 Å². The molecule has 1 aliphatic rings. The summed E-state index contributed by atoms with van der Waals surface area (Å²) < 4.78 is 7.79. The summed E-state index contributed by atoms with van der Waals surface area (Å²) in [4.78, 5) is 0. The van der Waals surface area contributed by atoms with Crippen molar-refractivity contribution in [3.63, 3.8) is 0 Å². The highest BCUT2D eigenvalue weighted by atomic mass is 16.5. The van der Waals surface area contributed by atoms with Gasteiger partial charge in [-0.15, -0.1) is 0 Å². The van der Waals surface area contributed by atoms with Crippen molar-refractivity contribution in [1.29, 1.82) is 0 Å². The molecule has 3 heteroatoms. The predicted molar refractivity (Wildman–Crippen MR) is 65.0 cm³/mol. The van der Waals surface area contributed by atoms with E-state index in [1.165, 1.54) is 17.3 Å². The number of nitrogens with one attached hydrogen (secondary N) is 1. The van der Waals surface area contributed by atoms with Crippen molar-refractivity contribution in [2.45, 2.75) is 12.5 Å². The second kappa shape index (κ2) is 3.83. The van der Waals surface area contributed by atoms with E-state index in [2.05, 4.69) is 28.2 Å². The molecule has 0 saturated carbocycles. The van der Waals surface area contributed by atoms with Crippen LogP contribution in [-0.2, 0) is 0 Å². The summed E-state index contributed by atoms with van der Waals surface area (Å²) in [6.07, 6.45) is 3.37. The molecular weight excluding hydrogens is 200 g/mol. The number of nitrogens with zero attached hydrogens (tertiary/aromatic N) is 1. The monoisotopic (exact) mass is 216 g/mol. The van der Waals surface area contributed by atoms with E-state index in [0.29, 0.717) is 6.04 Å². The third-order valence-corrected chi connectivity index (χ3v) is 3.35. The lowest BCUT2D eigenvalue weighted by Crippen LogP contribution is -2.12. The Morgan fingerprint density at radius 2 is 2.31 bits per heavy atom. The lowest BCUT2D eigenvalue weighted by atomic mass is 10.2. The fraction of sp³-hybridized carbons (Fsp3) is 0.385. The Bertz CT molecular complexity index is 498. The number of para-hydroxylation sites is 1. The highest BCUT2D eigenvalue weighted by Gasteiger charge is 2.19. The first kappa shape index (κ1) is 9.73. The number of hydrogen-bond acceptors (Lipinski definition) is 2. The second-order valence-corrected chi connectivity index (χ2v) is 4.27. The minimum Gasteiger partial charge on any atom is -0.495 e. The van der Waals surface area contributed by atoms with Crippen LogP contribution in [0.4, 0.5) is 0 Å². The number of methoxy groups -OCH3 is 1. The Hall–Kier alpha value is -1.48. The van der Waals surface area contributed by atoms with E-state index in [4.69, 9.17) is 4.74 Å². The van der Waals surface area contributed by atoms with Gasteiger partial charge in [-0.3, -0.25) is 0 Å². The second-order valence-electron chi connectivity index (χ2n) is 4.27. The highest BCUT2D eigenvalue weighted by molar-refractivity contribution is 5.86. The molecule has 0 radical (unpaired) electrons. The standard InChI is InChI=1S/C13H16N2O/c1-16-12-4-2-3-10-6-8-15(13(10)12)11-5-7-14-9-11/h2-4,6,8,11,14H,5,7,9H2,1H3. The number of fused-ring (bicyclic) bond motifs is 1. The maximum atomic E-state index is 5.44. The molecule has 2 aromatic rings. The molecule has 16 heavy (non-hydrogen) atoms. The molecule has 0 amide bonds. The minimum absolute atomic E-state index is 0.564. The maximum Gasteiger partial charge on any atom is 0.143 e. The lowest BCUT2D eigenvalue weighted by Gasteiger charge is -2.14. The summed E-state index contributed by atoms with van der Waals surface area (Å²) in [5.41, 5.74) is 1.22. The normalized spacial score (nSPS) is 20.4. The van der Waals surface area contributed by atoms with Crippen molar-refractivity contribution in [3.8, 4) is 5.75 Å². The van der Waals surface area contributed by atoms with Gasteiger partial charge in [0.15, 0.2) is 0 Å². The largest absolute Gasteiger partial charge is 0.495 e. The summed E-state index contributed by atoms with van der Waals surface area (Å²) >= 11 is 0. The first-order valence-electron chi connectivity index (χ1n) is 5.74. The molecule has 2 heterocycles. The molecule has 0 bridgehead atoms. The zero-order chi connectivity index (χ0) is 11.0. The Morgan fingerprint density at radius 3 is 3.06 bits per heavy atom. The van der Waals surface area contributed by atoms with Crippen molar-refractivity contribution < 1.29 is 4.74 Å². The first-order chi connectivity index (χ1) is 7.90. The summed E-state index contributed by atoms with van der Waals surface area (Å²) in [6.45, 7) is 2.17. The van der Waals surface area contributed by atoms with Crippen molar-refractivity contribution in [1.82, 2.24) is 9.88 Å². The van der Waals surface area contributed by atoms with Gasteiger partial charge in [-0.05, 0) is 25.1 Å². The summed E-state index contributed by atoms with van der Waals surface area (Å²) in [6, 6.07) is 8.93. The van der Waals surface area contributed by atoms with Crippen LogP contribution < -0.4 is 10.1 Å². The molecule has 3 nitrogen and oxygen atoms in total. The molecule has 1 aromatic heterocycles. The number of hydrogen-bond donors (Lipinski definition) is 1. The smallest absolute Gasteiger partial charge is 0.143 e. The summed E-state index contributed by atoms with van der Waals surface area (Å²) in [5, 5.41) is 4.66. The molecule has 0 spiro atoms. The van der Waals surface area contributed by atoms with Crippen LogP contribution in [0.2, 0.25) is 0 Å². The van der Waals surface area contributed by atoms with Gasteiger partial charge in [0.2, 0.25) is 0 Å². The summed E-state index contributed by atoms with van der Waals surface area (Å²) in [5.74, 6) is 0.967. The van der Waals surface area contributed by atoms with Gasteiger partial charge in [0.05, 0.1) is 12.6 Å². The zero-order valence-electron chi connectivity index (χ0n) is 9.44. The van der Waals surface area contributed by atoms with Crippen LogP contribution in [0.15, 0.2) is 30.5 Å². The van der Waals surface area contributed by atoms with Crippen molar-refractivity contribution in [2.75, 3.05) is 20.2 Å². The van der Waals surface area contributed by atoms with E-state index in [1.54, 1.807) is 7.11 Å². The van der Waals surface area contributed by atoms with Crippen LogP contribution in [0.25, 0.3) is 10.9 Å². The first-order valence-corrected chi connectivity index (χ1v) is 5.74. The van der Waals surface area contributed by atoms with Gasteiger partial charge in [-0.1, -0.05) is 12.1 Å². The third kappa shape index (κ3) is 1.39. The molecule has 1 aromatic carbocycles. The SMILES string of the molecule is COc1cccc2ccn(C3CCNC3)c12. The predicted octanol–water partition coefficient (Wildman–Crippen LogP) is 2.18. The Kier molecular flexibility index (Phi) is 2.33. The van der Waals surface area contributed by atoms with E-state index in [-0.39, 0.29) is 0 Å². The van der Waals surface area contributed by atoms with Crippen molar-refractivity contribution in [3.05, 3.63) is 30.5 Å². The Balaban J connectivity index is 2.16. The van der Waals surface area contributed by atoms with Crippen LogP contribution >= 0.6 is 0 Å². The fourth-order valence-electron chi connectivity index (χ4n) is 2.53. The molecule has 0 aliphatic carbocycles. The Morgan fingerprint density at radius 1 is 1.38 bits per heavy atom. The van der Waals surface area contributed by atoms with Crippen LogP contribution in [-0.4, -0.2) is 24.8 Å². The maximum absolute atomic E-state index is 5.44. The molecule has 84 valence electrons. The number of benzene rings is 1. The van der Waals surface area contributed by atoms with Crippen molar-refractivity contribution in [2.24, 2.45) is 0 Å². The van der Waals surface area contributed by atoms with Gasteiger partial charge in [0.25, 0.3) is 0 Å². The van der Waals surface area contributed by atoms with E-state index < -0.39 is 0 Å². The minimum atomic E-state index is 0.564. The highest BCUT2D eigenvalue weighted by Crippen LogP contribution is 2.30. The molecule has 3 rings (SSSR count). The Labute approximate surface area is 95.0 Å². The van der Waals surface area contributed by atoms with E-state index >= 15 is 0 Å². The van der Waals surface area contributed by atoms with Gasteiger partial charge in [0.1, 0.15) is 5.75 Å². The average molecular weight is 216 g/mol. The van der Waals surface area contributed by atoms with Gasteiger partial charge in [-0.25, -0.2) is 0 Å². The van der Waals surface area contributed by atoms with E-state index in [0.717, 1.165) is 18.8 Å². The zero-order valence-corrected chi connectivity index (χ0v) is 9.44. The van der Waals surface area contributed by atoms with E-state index in [1.807, 2.05) is 12.1 Å². The molecule has 1 N–H and O–H groups in total. The van der Waals surface area contributed by atoms with Gasteiger partial charge >= 0.3 is 0 Å². The van der Waals surface area contributed by atoms with Gasteiger partial charge in [-0.2, -0.15) is 0 Å². The molecule has 1 aliphatic heterocycles. The van der Waals surface area contributed by atoms with Gasteiger partial charge < -0.3 is 14.6 Å². The number of rotatable bonds is 2. The van der Waals surface area contributed by atoms with Gasteiger partial charge in [0, 0.05) is 24.2 Å². The van der Waals surface area contributed by atoms with E-state index in [9.17, 15) is 0 Å². The fourth-order valence-corrected chi connectivity index (χ4v) is 2.53. The summed E-state index contributed by atoms with van der Waals surface area (Å²) in [7, 11) is 1.74. The average Bonchev–Trinajstić information content (AvgIpc) is 2.96. The van der Waals surface area contributed by atoms with Crippen LogP contribution in [0, 0.1) is 0 Å². The quantitative estimate of drug-likeness (QED) is 0.832. The van der Waals surface area contributed by atoms with Crippen LogP contribution in [0.5, 0.6) is 5.75 Å². The lowest BCUT2D eigenvalue weighted by molar-refractivity contribution is 0.415. The van der Waals surface area contributed by atoms with Crippen LogP contribution in [0.3, 0.4) is 0 Å². The number of ether oxygens (including phenoxy) is 1. The topological polar surface area (TPSA) is 26.2 Å².